The molecule has 0 spiro atoms. The van der Waals surface area contributed by atoms with E-state index in [9.17, 15) is 9.59 Å². The number of imide groups is 1. The van der Waals surface area contributed by atoms with Gasteiger partial charge in [-0.3, -0.25) is 14.5 Å². The first-order valence-electron chi connectivity index (χ1n) is 8.73. The number of rotatable bonds is 1. The van der Waals surface area contributed by atoms with E-state index >= 15 is 0 Å². The molecule has 5 heteroatoms. The van der Waals surface area contributed by atoms with Crippen molar-refractivity contribution < 1.29 is 9.59 Å². The van der Waals surface area contributed by atoms with Crippen LogP contribution in [0.3, 0.4) is 0 Å². The number of para-hydroxylation sites is 1. The highest BCUT2D eigenvalue weighted by Gasteiger charge is 2.34. The number of fused-ring (bicyclic) bond motifs is 3. The monoisotopic (exact) mass is 372 g/mol. The lowest BCUT2D eigenvalue weighted by atomic mass is 10.1. The first kappa shape index (κ1) is 16.1. The van der Waals surface area contributed by atoms with Gasteiger partial charge in [-0.05, 0) is 35.9 Å². The summed E-state index contributed by atoms with van der Waals surface area (Å²) in [5, 5.41) is 0. The van der Waals surface area contributed by atoms with Gasteiger partial charge in [-0.2, -0.15) is 0 Å². The molecule has 0 aromatic heterocycles. The van der Waals surface area contributed by atoms with E-state index in [2.05, 4.69) is 17.0 Å². The second-order valence-electron chi connectivity index (χ2n) is 6.64. The molecule has 132 valence electrons. The fraction of sp³-hybridized carbons (Fsp3) is 0.0909. The van der Waals surface area contributed by atoms with E-state index in [1.807, 2.05) is 55.6 Å². The zero-order valence-corrected chi connectivity index (χ0v) is 15.5. The van der Waals surface area contributed by atoms with Gasteiger partial charge in [0.2, 0.25) is 0 Å². The molecule has 0 bridgehead atoms. The van der Waals surface area contributed by atoms with Crippen LogP contribution < -0.4 is 4.90 Å². The Balaban J connectivity index is 1.56. The highest BCUT2D eigenvalue weighted by Crippen LogP contribution is 2.49. The van der Waals surface area contributed by atoms with Gasteiger partial charge in [0.25, 0.3) is 11.8 Å². The Morgan fingerprint density at radius 2 is 1.67 bits per heavy atom. The van der Waals surface area contributed by atoms with Crippen LogP contribution in [-0.2, 0) is 6.54 Å². The van der Waals surface area contributed by atoms with Crippen LogP contribution in [0.5, 0.6) is 0 Å². The summed E-state index contributed by atoms with van der Waals surface area (Å²) in [4.78, 5) is 31.5. The molecule has 2 heterocycles. The highest BCUT2D eigenvalue weighted by atomic mass is 32.2. The van der Waals surface area contributed by atoms with Crippen LogP contribution in [0.1, 0.15) is 26.3 Å². The third-order valence-corrected chi connectivity index (χ3v) is 6.29. The number of benzene rings is 3. The van der Waals surface area contributed by atoms with Crippen LogP contribution in [0.4, 0.5) is 11.4 Å². The summed E-state index contributed by atoms with van der Waals surface area (Å²) < 4.78 is 0. The van der Waals surface area contributed by atoms with Crippen LogP contribution in [0.25, 0.3) is 0 Å². The predicted octanol–water partition coefficient (Wildman–Crippen LogP) is 4.72. The van der Waals surface area contributed by atoms with Crippen molar-refractivity contribution in [2.45, 2.75) is 16.3 Å². The normalized spacial score (nSPS) is 14.6. The molecule has 0 aliphatic carbocycles. The standard InChI is InChI=1S/C22H16N2O2S/c1-23-17-10-4-5-12-19(17)27-20-16(9-6-11-18(20)23)22(26)24-13-14-7-2-3-8-15(14)21(24)25/h2-12H,13H2,1H3. The van der Waals surface area contributed by atoms with Crippen molar-refractivity contribution in [3.05, 3.63) is 83.4 Å². The fourth-order valence-corrected chi connectivity index (χ4v) is 4.94. The Morgan fingerprint density at radius 3 is 2.52 bits per heavy atom. The van der Waals surface area contributed by atoms with Gasteiger partial charge in [-0.25, -0.2) is 0 Å². The van der Waals surface area contributed by atoms with Gasteiger partial charge >= 0.3 is 0 Å². The molecule has 0 saturated heterocycles. The number of amides is 2. The van der Waals surface area contributed by atoms with Crippen LogP contribution in [0.2, 0.25) is 0 Å². The van der Waals surface area contributed by atoms with E-state index < -0.39 is 0 Å². The average Bonchev–Trinajstić information content (AvgIpc) is 3.04. The Kier molecular flexibility index (Phi) is 3.58. The van der Waals surface area contributed by atoms with Crippen molar-refractivity contribution in [3.63, 3.8) is 0 Å². The highest BCUT2D eigenvalue weighted by molar-refractivity contribution is 7.99. The zero-order valence-electron chi connectivity index (χ0n) is 14.7. The van der Waals surface area contributed by atoms with Gasteiger partial charge < -0.3 is 4.90 Å². The topological polar surface area (TPSA) is 40.6 Å². The van der Waals surface area contributed by atoms with Crippen molar-refractivity contribution in [3.8, 4) is 0 Å². The minimum atomic E-state index is -0.242. The molecule has 0 radical (unpaired) electrons. The molecule has 4 nitrogen and oxygen atoms in total. The lowest BCUT2D eigenvalue weighted by molar-refractivity contribution is 0.0629. The molecular formula is C22H16N2O2S. The smallest absolute Gasteiger partial charge is 0.262 e. The summed E-state index contributed by atoms with van der Waals surface area (Å²) in [5.74, 6) is -0.462. The lowest BCUT2D eigenvalue weighted by Gasteiger charge is -2.30. The molecule has 5 rings (SSSR count). The SMILES string of the molecule is CN1c2ccccc2Sc2c(C(=O)N3Cc4ccccc4C3=O)cccc21. The first-order valence-corrected chi connectivity index (χ1v) is 9.54. The molecule has 0 atom stereocenters. The van der Waals surface area contributed by atoms with E-state index in [-0.39, 0.29) is 11.8 Å². The van der Waals surface area contributed by atoms with Gasteiger partial charge in [-0.1, -0.05) is 48.2 Å². The summed E-state index contributed by atoms with van der Waals surface area (Å²) in [7, 11) is 2.00. The second-order valence-corrected chi connectivity index (χ2v) is 7.69. The predicted molar refractivity (Wildman–Crippen MR) is 106 cm³/mol. The third-order valence-electron chi connectivity index (χ3n) is 5.09. The lowest BCUT2D eigenvalue weighted by Crippen LogP contribution is -2.32. The number of carbonyl (C=O) groups excluding carboxylic acids is 2. The van der Waals surface area contributed by atoms with Gasteiger partial charge in [0.1, 0.15) is 0 Å². The Bertz CT molecular complexity index is 1110. The summed E-state index contributed by atoms with van der Waals surface area (Å²) in [6.07, 6.45) is 0. The van der Waals surface area contributed by atoms with Gasteiger partial charge in [0.05, 0.1) is 23.5 Å². The average molecular weight is 372 g/mol. The first-order chi connectivity index (χ1) is 13.1. The van der Waals surface area contributed by atoms with Crippen LogP contribution in [-0.4, -0.2) is 23.8 Å². The van der Waals surface area contributed by atoms with Crippen LogP contribution in [0.15, 0.2) is 76.5 Å². The van der Waals surface area contributed by atoms with Crippen LogP contribution in [0, 0.1) is 0 Å². The third kappa shape index (κ3) is 2.39. The van der Waals surface area contributed by atoms with Crippen molar-refractivity contribution in [2.75, 3.05) is 11.9 Å². The number of hydrogen-bond donors (Lipinski definition) is 0. The minimum absolute atomic E-state index is 0.220. The Labute approximate surface area is 161 Å². The summed E-state index contributed by atoms with van der Waals surface area (Å²) in [6, 6.07) is 21.2. The number of anilines is 2. The van der Waals surface area contributed by atoms with Crippen molar-refractivity contribution in [1.29, 1.82) is 0 Å². The van der Waals surface area contributed by atoms with Gasteiger partial charge in [-0.15, -0.1) is 0 Å². The largest absolute Gasteiger partial charge is 0.343 e. The zero-order chi connectivity index (χ0) is 18.5. The molecule has 0 fully saturated rings. The minimum Gasteiger partial charge on any atom is -0.343 e. The molecule has 3 aromatic carbocycles. The quantitative estimate of drug-likeness (QED) is 0.580. The van der Waals surface area contributed by atoms with Gasteiger partial charge in [0.15, 0.2) is 0 Å². The molecule has 27 heavy (non-hydrogen) atoms. The molecule has 0 unspecified atom stereocenters. The maximum atomic E-state index is 13.3. The maximum absolute atomic E-state index is 13.3. The van der Waals surface area contributed by atoms with Gasteiger partial charge in [0, 0.05) is 22.4 Å². The van der Waals surface area contributed by atoms with Crippen molar-refractivity contribution in [1.82, 2.24) is 4.90 Å². The number of carbonyl (C=O) groups is 2. The summed E-state index contributed by atoms with van der Waals surface area (Å²) in [6.45, 7) is 0.328. The summed E-state index contributed by atoms with van der Waals surface area (Å²) in [5.41, 5.74) is 4.18. The van der Waals surface area contributed by atoms with Crippen molar-refractivity contribution >= 4 is 35.0 Å². The fourth-order valence-electron chi connectivity index (χ4n) is 3.69. The Morgan fingerprint density at radius 1 is 0.926 bits per heavy atom. The van der Waals surface area contributed by atoms with E-state index in [1.165, 1.54) is 4.90 Å². The van der Waals surface area contributed by atoms with E-state index in [0.717, 1.165) is 26.7 Å². The second kappa shape index (κ2) is 5.99. The molecule has 3 aromatic rings. The van der Waals surface area contributed by atoms with Crippen LogP contribution >= 0.6 is 11.8 Å². The molecule has 2 amide bonds. The van der Waals surface area contributed by atoms with E-state index in [4.69, 9.17) is 0 Å². The van der Waals surface area contributed by atoms with Crippen molar-refractivity contribution in [2.24, 2.45) is 0 Å². The maximum Gasteiger partial charge on any atom is 0.262 e. The molecular weight excluding hydrogens is 356 g/mol. The molecule has 0 N–H and O–H groups in total. The number of nitrogens with zero attached hydrogens (tertiary/aromatic N) is 2. The molecule has 0 saturated carbocycles. The molecule has 2 aliphatic rings. The van der Waals surface area contributed by atoms with E-state index in [0.29, 0.717) is 17.7 Å². The molecule has 2 aliphatic heterocycles. The Hall–Kier alpha value is -3.05. The number of hydrogen-bond acceptors (Lipinski definition) is 4. The van der Waals surface area contributed by atoms with E-state index in [1.54, 1.807) is 17.8 Å². The summed E-state index contributed by atoms with van der Waals surface area (Å²) >= 11 is 1.58.